The van der Waals surface area contributed by atoms with Gasteiger partial charge in [0.25, 0.3) is 0 Å². The predicted molar refractivity (Wildman–Crippen MR) is 125 cm³/mol. The second-order valence-electron chi connectivity index (χ2n) is 6.10. The zero-order valence-corrected chi connectivity index (χ0v) is 19.6. The molecule has 3 aromatic rings. The molecule has 0 radical (unpaired) electrons. The summed E-state index contributed by atoms with van der Waals surface area (Å²) in [6.45, 7) is 6.15. The minimum absolute atomic E-state index is 0. The Morgan fingerprint density at radius 2 is 2.00 bits per heavy atom. The lowest BCUT2D eigenvalue weighted by Crippen LogP contribution is -2.38. The summed E-state index contributed by atoms with van der Waals surface area (Å²) in [4.78, 5) is 14.7. The minimum Gasteiger partial charge on any atom is -0.444 e. The van der Waals surface area contributed by atoms with Crippen LogP contribution in [0.5, 0.6) is 0 Å². The van der Waals surface area contributed by atoms with Crippen LogP contribution in [0.25, 0.3) is 11.5 Å². The Bertz CT molecular complexity index is 910. The van der Waals surface area contributed by atoms with Gasteiger partial charge in [-0.1, -0.05) is 6.92 Å². The Balaban J connectivity index is 0.00000300. The van der Waals surface area contributed by atoms with Gasteiger partial charge in [-0.3, -0.25) is 0 Å². The maximum atomic E-state index is 13.0. The van der Waals surface area contributed by atoms with Crippen LogP contribution in [0.15, 0.2) is 46.1 Å². The second-order valence-corrected chi connectivity index (χ2v) is 7.30. The minimum atomic E-state index is -0.279. The van der Waals surface area contributed by atoms with E-state index in [0.717, 1.165) is 35.2 Å². The quantitative estimate of drug-likeness (QED) is 0.257. The number of halogens is 2. The van der Waals surface area contributed by atoms with E-state index >= 15 is 0 Å². The summed E-state index contributed by atoms with van der Waals surface area (Å²) in [7, 11) is 0. The molecule has 0 aliphatic rings. The Morgan fingerprint density at radius 3 is 2.69 bits per heavy atom. The van der Waals surface area contributed by atoms with Gasteiger partial charge in [-0.05, 0) is 37.6 Å². The molecule has 29 heavy (non-hydrogen) atoms. The highest BCUT2D eigenvalue weighted by Crippen LogP contribution is 2.19. The largest absolute Gasteiger partial charge is 0.444 e. The number of thiazole rings is 1. The number of nitrogens with one attached hydrogen (secondary N) is 2. The first kappa shape index (κ1) is 23.3. The maximum absolute atomic E-state index is 13.0. The van der Waals surface area contributed by atoms with Gasteiger partial charge in [-0.2, -0.15) is 0 Å². The molecule has 156 valence electrons. The van der Waals surface area contributed by atoms with Gasteiger partial charge in [0.1, 0.15) is 17.1 Å². The van der Waals surface area contributed by atoms with E-state index < -0.39 is 0 Å². The van der Waals surface area contributed by atoms with Crippen LogP contribution in [0, 0.1) is 5.82 Å². The normalized spacial score (nSPS) is 11.2. The molecule has 0 saturated carbocycles. The molecule has 2 heterocycles. The smallest absolute Gasteiger partial charge is 0.226 e. The molecule has 0 bridgehead atoms. The van der Waals surface area contributed by atoms with E-state index in [0.29, 0.717) is 25.4 Å². The number of aliphatic imine (C=N–C) groups is 1. The lowest BCUT2D eigenvalue weighted by molar-refractivity contribution is 0.571. The molecule has 0 aliphatic heterocycles. The monoisotopic (exact) mass is 529 g/mol. The number of aryl methyl sites for hydroxylation is 1. The molecule has 0 fully saturated rings. The zero-order valence-electron chi connectivity index (χ0n) is 16.4. The van der Waals surface area contributed by atoms with Crippen LogP contribution in [-0.2, 0) is 19.4 Å². The molecule has 0 saturated heterocycles. The molecular weight excluding hydrogens is 504 g/mol. The highest BCUT2D eigenvalue weighted by atomic mass is 127. The molecule has 6 nitrogen and oxygen atoms in total. The Labute approximate surface area is 191 Å². The standard InChI is InChI=1S/C20H24FN5OS.HI/c1-3-17-11-24-18(28-17)12-25-20(22-4-2)23-10-9-16-13-27-19(26-16)14-5-7-15(21)8-6-14;/h5-8,11,13H,3-4,9-10,12H2,1-2H3,(H2,22,23,25);1H. The number of hydrogen-bond donors (Lipinski definition) is 2. The predicted octanol–water partition coefficient (Wildman–Crippen LogP) is 4.42. The summed E-state index contributed by atoms with van der Waals surface area (Å²) in [5.41, 5.74) is 1.58. The number of benzene rings is 1. The molecule has 2 aromatic heterocycles. The summed E-state index contributed by atoms with van der Waals surface area (Å²) in [6.07, 6.45) is 5.23. The first-order chi connectivity index (χ1) is 13.7. The van der Waals surface area contributed by atoms with Crippen molar-refractivity contribution in [2.24, 2.45) is 4.99 Å². The SMILES string of the molecule is CCNC(=NCc1ncc(CC)s1)NCCc1coc(-c2ccc(F)cc2)n1.I. The van der Waals surface area contributed by atoms with Crippen molar-refractivity contribution in [3.8, 4) is 11.5 Å². The summed E-state index contributed by atoms with van der Waals surface area (Å²) < 4.78 is 18.5. The van der Waals surface area contributed by atoms with Crippen LogP contribution in [0.2, 0.25) is 0 Å². The van der Waals surface area contributed by atoms with Gasteiger partial charge in [0.2, 0.25) is 5.89 Å². The van der Waals surface area contributed by atoms with Crippen LogP contribution in [0.1, 0.15) is 29.4 Å². The van der Waals surface area contributed by atoms with Gasteiger partial charge in [0.05, 0.1) is 12.2 Å². The molecular formula is C20H25FIN5OS. The summed E-state index contributed by atoms with van der Waals surface area (Å²) >= 11 is 1.70. The maximum Gasteiger partial charge on any atom is 0.226 e. The molecule has 0 spiro atoms. The van der Waals surface area contributed by atoms with Crippen molar-refractivity contribution < 1.29 is 8.81 Å². The molecule has 9 heteroatoms. The van der Waals surface area contributed by atoms with Crippen LogP contribution >= 0.6 is 35.3 Å². The van der Waals surface area contributed by atoms with Crippen molar-refractivity contribution >= 4 is 41.3 Å². The van der Waals surface area contributed by atoms with Crippen molar-refractivity contribution in [1.82, 2.24) is 20.6 Å². The highest BCUT2D eigenvalue weighted by Gasteiger charge is 2.07. The van der Waals surface area contributed by atoms with Crippen LogP contribution < -0.4 is 10.6 Å². The molecule has 1 aromatic carbocycles. The van der Waals surface area contributed by atoms with Crippen molar-refractivity contribution in [2.75, 3.05) is 13.1 Å². The van der Waals surface area contributed by atoms with E-state index in [2.05, 4.69) is 32.5 Å². The van der Waals surface area contributed by atoms with E-state index in [1.807, 2.05) is 13.1 Å². The van der Waals surface area contributed by atoms with Gasteiger partial charge in [0, 0.05) is 36.1 Å². The molecule has 0 amide bonds. The lowest BCUT2D eigenvalue weighted by atomic mass is 10.2. The van der Waals surface area contributed by atoms with E-state index in [1.54, 1.807) is 29.7 Å². The fourth-order valence-electron chi connectivity index (χ4n) is 2.53. The number of hydrogen-bond acceptors (Lipinski definition) is 5. The summed E-state index contributed by atoms with van der Waals surface area (Å²) in [6, 6.07) is 6.10. The molecule has 0 aliphatic carbocycles. The molecule has 0 unspecified atom stereocenters. The van der Waals surface area contributed by atoms with E-state index in [-0.39, 0.29) is 29.8 Å². The number of rotatable bonds is 8. The molecule has 0 atom stereocenters. The Morgan fingerprint density at radius 1 is 1.21 bits per heavy atom. The van der Waals surface area contributed by atoms with E-state index in [1.165, 1.54) is 17.0 Å². The third-order valence-corrected chi connectivity index (χ3v) is 5.11. The summed E-state index contributed by atoms with van der Waals surface area (Å²) in [5, 5.41) is 7.54. The van der Waals surface area contributed by atoms with Crippen LogP contribution in [0.4, 0.5) is 4.39 Å². The topological polar surface area (TPSA) is 75.3 Å². The van der Waals surface area contributed by atoms with Gasteiger partial charge in [-0.25, -0.2) is 19.4 Å². The molecule has 2 N–H and O–H groups in total. The van der Waals surface area contributed by atoms with Gasteiger partial charge in [0.15, 0.2) is 5.96 Å². The van der Waals surface area contributed by atoms with Crippen molar-refractivity contribution in [2.45, 2.75) is 33.2 Å². The zero-order chi connectivity index (χ0) is 19.8. The summed E-state index contributed by atoms with van der Waals surface area (Å²) in [5.74, 6) is 0.961. The van der Waals surface area contributed by atoms with Gasteiger partial charge < -0.3 is 15.1 Å². The number of oxazole rings is 1. The van der Waals surface area contributed by atoms with Gasteiger partial charge in [-0.15, -0.1) is 35.3 Å². The fraction of sp³-hybridized carbons (Fsp3) is 0.350. The molecule has 3 rings (SSSR count). The van der Waals surface area contributed by atoms with E-state index in [4.69, 9.17) is 4.42 Å². The lowest BCUT2D eigenvalue weighted by Gasteiger charge is -2.10. The Kier molecular flexibility index (Phi) is 9.52. The van der Waals surface area contributed by atoms with Crippen molar-refractivity contribution in [3.63, 3.8) is 0 Å². The average Bonchev–Trinajstić information content (AvgIpc) is 3.36. The van der Waals surface area contributed by atoms with Crippen LogP contribution in [-0.4, -0.2) is 29.0 Å². The number of nitrogens with zero attached hydrogens (tertiary/aromatic N) is 3. The second kappa shape index (κ2) is 11.9. The van der Waals surface area contributed by atoms with E-state index in [9.17, 15) is 4.39 Å². The average molecular weight is 529 g/mol. The number of guanidine groups is 1. The first-order valence-corrected chi connectivity index (χ1v) is 10.2. The first-order valence-electron chi connectivity index (χ1n) is 9.34. The van der Waals surface area contributed by atoms with Crippen molar-refractivity contribution in [1.29, 1.82) is 0 Å². The van der Waals surface area contributed by atoms with Gasteiger partial charge >= 0.3 is 0 Å². The highest BCUT2D eigenvalue weighted by molar-refractivity contribution is 14.0. The third kappa shape index (κ3) is 7.07. The third-order valence-electron chi connectivity index (χ3n) is 3.98. The van der Waals surface area contributed by atoms with Crippen molar-refractivity contribution in [3.05, 3.63) is 58.1 Å². The fourth-order valence-corrected chi connectivity index (χ4v) is 3.32. The van der Waals surface area contributed by atoms with Crippen LogP contribution in [0.3, 0.4) is 0 Å². The number of aromatic nitrogens is 2. The Hall–Kier alpha value is -2.01.